The van der Waals surface area contributed by atoms with E-state index >= 15 is 0 Å². The van der Waals surface area contributed by atoms with Gasteiger partial charge in [0.1, 0.15) is 5.75 Å². The molecule has 0 spiro atoms. The van der Waals surface area contributed by atoms with E-state index in [1.165, 1.54) is 22.5 Å². The normalized spacial score (nSPS) is 13.6. The third kappa shape index (κ3) is 4.93. The summed E-state index contributed by atoms with van der Waals surface area (Å²) in [6.45, 7) is 5.19. The van der Waals surface area contributed by atoms with Crippen molar-refractivity contribution >= 4 is 28.2 Å². The van der Waals surface area contributed by atoms with Gasteiger partial charge in [-0.15, -0.1) is 11.3 Å². The van der Waals surface area contributed by atoms with Crippen LogP contribution in [-0.4, -0.2) is 29.1 Å². The standard InChI is InChI=1S/C22H24N4O2S/c1-2-28-20-10-6-5-9-19(20)24-21(27)25-22-23-18(15-29-22)14-26-12-11-16-7-3-4-8-17(16)13-26/h3-10,15H,2,11-14H2,1H3,(H2,23,24,25,27). The van der Waals surface area contributed by atoms with Gasteiger partial charge in [-0.1, -0.05) is 36.4 Å². The highest BCUT2D eigenvalue weighted by atomic mass is 32.1. The van der Waals surface area contributed by atoms with Gasteiger partial charge in [-0.3, -0.25) is 10.2 Å². The van der Waals surface area contributed by atoms with E-state index in [0.717, 1.165) is 31.7 Å². The van der Waals surface area contributed by atoms with Crippen LogP contribution in [-0.2, 0) is 19.5 Å². The van der Waals surface area contributed by atoms with E-state index in [0.29, 0.717) is 23.2 Å². The van der Waals surface area contributed by atoms with Crippen molar-refractivity contribution in [3.63, 3.8) is 0 Å². The van der Waals surface area contributed by atoms with Crippen molar-refractivity contribution in [2.75, 3.05) is 23.8 Å². The van der Waals surface area contributed by atoms with Crippen LogP contribution in [0.2, 0.25) is 0 Å². The molecule has 0 radical (unpaired) electrons. The third-order valence-corrected chi connectivity index (χ3v) is 5.61. The molecular formula is C22H24N4O2S. The van der Waals surface area contributed by atoms with Crippen LogP contribution in [0.5, 0.6) is 5.75 Å². The van der Waals surface area contributed by atoms with Gasteiger partial charge in [0.15, 0.2) is 5.13 Å². The van der Waals surface area contributed by atoms with Gasteiger partial charge in [0.2, 0.25) is 0 Å². The summed E-state index contributed by atoms with van der Waals surface area (Å²) in [6.07, 6.45) is 1.06. The summed E-state index contributed by atoms with van der Waals surface area (Å²) in [5.41, 5.74) is 4.43. The average Bonchev–Trinajstić information content (AvgIpc) is 3.16. The van der Waals surface area contributed by atoms with Gasteiger partial charge in [-0.2, -0.15) is 0 Å². The molecule has 2 aromatic carbocycles. The molecule has 0 atom stereocenters. The first-order valence-electron chi connectivity index (χ1n) is 9.74. The van der Waals surface area contributed by atoms with E-state index in [9.17, 15) is 4.79 Å². The Morgan fingerprint density at radius 1 is 1.14 bits per heavy atom. The van der Waals surface area contributed by atoms with Gasteiger partial charge in [0.25, 0.3) is 0 Å². The summed E-state index contributed by atoms with van der Waals surface area (Å²) >= 11 is 1.44. The van der Waals surface area contributed by atoms with Crippen LogP contribution < -0.4 is 15.4 Å². The highest BCUT2D eigenvalue weighted by Gasteiger charge is 2.17. The van der Waals surface area contributed by atoms with Crippen molar-refractivity contribution in [2.24, 2.45) is 0 Å². The van der Waals surface area contributed by atoms with E-state index in [2.05, 4.69) is 44.8 Å². The Hall–Kier alpha value is -2.90. The zero-order valence-electron chi connectivity index (χ0n) is 16.4. The molecule has 29 heavy (non-hydrogen) atoms. The monoisotopic (exact) mass is 408 g/mol. The molecule has 0 saturated carbocycles. The Labute approximate surface area is 174 Å². The number of anilines is 2. The zero-order chi connectivity index (χ0) is 20.1. The fourth-order valence-electron chi connectivity index (χ4n) is 3.46. The zero-order valence-corrected chi connectivity index (χ0v) is 17.2. The molecule has 0 bridgehead atoms. The van der Waals surface area contributed by atoms with Crippen LogP contribution in [0.1, 0.15) is 23.7 Å². The maximum absolute atomic E-state index is 12.4. The molecule has 3 aromatic rings. The maximum Gasteiger partial charge on any atom is 0.325 e. The largest absolute Gasteiger partial charge is 0.492 e. The van der Waals surface area contributed by atoms with Crippen LogP contribution in [0, 0.1) is 0 Å². The van der Waals surface area contributed by atoms with E-state index in [4.69, 9.17) is 4.74 Å². The molecule has 2 heterocycles. The van der Waals surface area contributed by atoms with Gasteiger partial charge in [0, 0.05) is 25.0 Å². The molecule has 1 aliphatic heterocycles. The first-order valence-corrected chi connectivity index (χ1v) is 10.6. The predicted octanol–water partition coefficient (Wildman–Crippen LogP) is 4.74. The molecule has 0 unspecified atom stereocenters. The number of ether oxygens (including phenoxy) is 1. The lowest BCUT2D eigenvalue weighted by Gasteiger charge is -2.27. The fourth-order valence-corrected chi connectivity index (χ4v) is 4.15. The van der Waals surface area contributed by atoms with Crippen LogP contribution >= 0.6 is 11.3 Å². The molecule has 0 saturated heterocycles. The van der Waals surface area contributed by atoms with Crippen LogP contribution in [0.3, 0.4) is 0 Å². The third-order valence-electron chi connectivity index (χ3n) is 4.80. The smallest absolute Gasteiger partial charge is 0.325 e. The second-order valence-corrected chi connectivity index (χ2v) is 7.74. The Morgan fingerprint density at radius 3 is 2.79 bits per heavy atom. The number of carbonyl (C=O) groups excluding carboxylic acids is 1. The van der Waals surface area contributed by atoms with Gasteiger partial charge in [0.05, 0.1) is 18.0 Å². The van der Waals surface area contributed by atoms with Crippen LogP contribution in [0.25, 0.3) is 0 Å². The van der Waals surface area contributed by atoms with Crippen LogP contribution in [0.4, 0.5) is 15.6 Å². The van der Waals surface area contributed by atoms with Gasteiger partial charge in [-0.25, -0.2) is 9.78 Å². The molecule has 0 aliphatic carbocycles. The summed E-state index contributed by atoms with van der Waals surface area (Å²) in [4.78, 5) is 19.3. The number of carbonyl (C=O) groups is 1. The number of benzene rings is 2. The Balaban J connectivity index is 1.33. The first kappa shape index (κ1) is 19.4. The van der Waals surface area contributed by atoms with E-state index in [1.54, 1.807) is 0 Å². The highest BCUT2D eigenvalue weighted by molar-refractivity contribution is 7.13. The number of nitrogens with zero attached hydrogens (tertiary/aromatic N) is 2. The number of aromatic nitrogens is 1. The molecule has 7 heteroatoms. The summed E-state index contributed by atoms with van der Waals surface area (Å²) in [5, 5.41) is 8.23. The Bertz CT molecular complexity index is 988. The number of para-hydroxylation sites is 2. The van der Waals surface area contributed by atoms with E-state index in [-0.39, 0.29) is 6.03 Å². The van der Waals surface area contributed by atoms with Gasteiger partial charge in [-0.05, 0) is 36.6 Å². The maximum atomic E-state index is 12.4. The summed E-state index contributed by atoms with van der Waals surface area (Å²) in [7, 11) is 0. The van der Waals surface area contributed by atoms with E-state index < -0.39 is 0 Å². The lowest BCUT2D eigenvalue weighted by molar-refractivity contribution is 0.243. The Morgan fingerprint density at radius 2 is 1.93 bits per heavy atom. The number of amides is 2. The number of hydrogen-bond donors (Lipinski definition) is 2. The van der Waals surface area contributed by atoms with Crippen molar-refractivity contribution in [3.05, 3.63) is 70.7 Å². The second-order valence-electron chi connectivity index (χ2n) is 6.88. The Kier molecular flexibility index (Phi) is 6.07. The fraction of sp³-hybridized carbons (Fsp3) is 0.273. The lowest BCUT2D eigenvalue weighted by atomic mass is 10.00. The summed E-state index contributed by atoms with van der Waals surface area (Å²) in [5.74, 6) is 0.648. The molecule has 150 valence electrons. The van der Waals surface area contributed by atoms with Gasteiger partial charge >= 0.3 is 6.03 Å². The number of rotatable bonds is 6. The number of nitrogens with one attached hydrogen (secondary N) is 2. The predicted molar refractivity (Wildman–Crippen MR) is 117 cm³/mol. The van der Waals surface area contributed by atoms with Crippen molar-refractivity contribution in [2.45, 2.75) is 26.4 Å². The van der Waals surface area contributed by atoms with Crippen molar-refractivity contribution in [3.8, 4) is 5.75 Å². The molecule has 2 N–H and O–H groups in total. The number of fused-ring (bicyclic) bond motifs is 1. The minimum absolute atomic E-state index is 0.329. The van der Waals surface area contributed by atoms with Crippen LogP contribution in [0.15, 0.2) is 53.9 Å². The average molecular weight is 409 g/mol. The van der Waals surface area contributed by atoms with E-state index in [1.807, 2.05) is 36.6 Å². The molecule has 6 nitrogen and oxygen atoms in total. The molecule has 2 amide bonds. The number of thiazole rings is 1. The topological polar surface area (TPSA) is 66.5 Å². The summed E-state index contributed by atoms with van der Waals surface area (Å²) in [6, 6.07) is 15.6. The summed E-state index contributed by atoms with van der Waals surface area (Å²) < 4.78 is 5.54. The van der Waals surface area contributed by atoms with Crippen molar-refractivity contribution in [1.29, 1.82) is 0 Å². The minimum atomic E-state index is -0.329. The van der Waals surface area contributed by atoms with Crippen molar-refractivity contribution in [1.82, 2.24) is 9.88 Å². The molecule has 1 aromatic heterocycles. The molecular weight excluding hydrogens is 384 g/mol. The second kappa shape index (κ2) is 9.07. The highest BCUT2D eigenvalue weighted by Crippen LogP contribution is 2.25. The quantitative estimate of drug-likeness (QED) is 0.618. The number of urea groups is 1. The number of hydrogen-bond acceptors (Lipinski definition) is 5. The van der Waals surface area contributed by atoms with Gasteiger partial charge < -0.3 is 10.1 Å². The molecule has 0 fully saturated rings. The lowest BCUT2D eigenvalue weighted by Crippen LogP contribution is -2.30. The molecule has 1 aliphatic rings. The minimum Gasteiger partial charge on any atom is -0.492 e. The first-order chi connectivity index (χ1) is 14.2. The van der Waals surface area contributed by atoms with Crippen molar-refractivity contribution < 1.29 is 9.53 Å². The SMILES string of the molecule is CCOc1ccccc1NC(=O)Nc1nc(CN2CCc3ccccc3C2)cs1. The molecule has 4 rings (SSSR count).